The van der Waals surface area contributed by atoms with E-state index in [1.54, 1.807) is 0 Å². The molecule has 2 heterocycles. The van der Waals surface area contributed by atoms with Gasteiger partial charge in [-0.3, -0.25) is 0 Å². The summed E-state index contributed by atoms with van der Waals surface area (Å²) < 4.78 is 5.00. The van der Waals surface area contributed by atoms with Crippen molar-refractivity contribution in [1.29, 1.82) is 0 Å². The van der Waals surface area contributed by atoms with Crippen LogP contribution in [0.1, 0.15) is 0 Å². The molecule has 67 heavy (non-hydrogen) atoms. The lowest BCUT2D eigenvalue weighted by Crippen LogP contribution is -2.13. The Hall–Kier alpha value is -8.50. The zero-order chi connectivity index (χ0) is 44.3. The molecule has 0 aliphatic heterocycles. The molecule has 3 heteroatoms. The van der Waals surface area contributed by atoms with Crippen molar-refractivity contribution in [3.05, 3.63) is 255 Å². The highest BCUT2D eigenvalue weighted by atomic mass is 32.1. The highest BCUT2D eigenvalue weighted by molar-refractivity contribution is 7.26. The number of para-hydroxylation sites is 5. The summed E-state index contributed by atoms with van der Waals surface area (Å²) in [4.78, 5) is 2.53. The first-order chi connectivity index (χ1) is 33.3. The summed E-state index contributed by atoms with van der Waals surface area (Å²) in [6.45, 7) is 0. The number of hydrogen-bond acceptors (Lipinski definition) is 2. The van der Waals surface area contributed by atoms with Gasteiger partial charge in [0.1, 0.15) is 0 Å². The van der Waals surface area contributed by atoms with Crippen molar-refractivity contribution in [3.8, 4) is 50.2 Å². The highest BCUT2D eigenvalue weighted by Gasteiger charge is 2.25. The van der Waals surface area contributed by atoms with E-state index in [1.807, 2.05) is 11.3 Å². The van der Waals surface area contributed by atoms with Crippen LogP contribution in [0.3, 0.4) is 0 Å². The van der Waals surface area contributed by atoms with Gasteiger partial charge in [-0.25, -0.2) is 0 Å². The smallest absolute Gasteiger partial charge is 0.0547 e. The first kappa shape index (κ1) is 38.9. The zero-order valence-electron chi connectivity index (χ0n) is 36.6. The number of aromatic nitrogens is 1. The van der Waals surface area contributed by atoms with E-state index in [9.17, 15) is 0 Å². The third-order valence-corrected chi connectivity index (χ3v) is 14.6. The average molecular weight is 871 g/mol. The molecule has 13 aromatic rings. The Bertz CT molecular complexity index is 3990. The SMILES string of the molecule is c1ccc(-c2cccc3cccc(-c4ccccc4N(c4ccccc4-c4ccc5c6ccccc6n(-c6ccccc6)c5c4)c4ccccc4-c4cccc5c4sc4ccccc45)c23)cc1. The monoisotopic (exact) mass is 870 g/mol. The fraction of sp³-hybridized carbons (Fsp3) is 0. The maximum absolute atomic E-state index is 2.53. The predicted octanol–water partition coefficient (Wildman–Crippen LogP) is 18.4. The zero-order valence-corrected chi connectivity index (χ0v) is 37.4. The lowest BCUT2D eigenvalue weighted by molar-refractivity contribution is 1.18. The van der Waals surface area contributed by atoms with E-state index >= 15 is 0 Å². The number of thiophene rings is 1. The third-order valence-electron chi connectivity index (χ3n) is 13.4. The molecular formula is C64H42N2S. The maximum atomic E-state index is 2.53. The van der Waals surface area contributed by atoms with Gasteiger partial charge in [0.05, 0.1) is 28.1 Å². The predicted molar refractivity (Wildman–Crippen MR) is 288 cm³/mol. The van der Waals surface area contributed by atoms with Crippen LogP contribution in [0.25, 0.3) is 103 Å². The van der Waals surface area contributed by atoms with Gasteiger partial charge in [0.15, 0.2) is 0 Å². The van der Waals surface area contributed by atoms with E-state index in [0.29, 0.717) is 0 Å². The van der Waals surface area contributed by atoms with Gasteiger partial charge in [0, 0.05) is 58.9 Å². The molecule has 0 atom stereocenters. The van der Waals surface area contributed by atoms with Crippen molar-refractivity contribution in [3.63, 3.8) is 0 Å². The minimum Gasteiger partial charge on any atom is -0.309 e. The van der Waals surface area contributed by atoms with Crippen molar-refractivity contribution < 1.29 is 0 Å². The molecule has 11 aromatic carbocycles. The van der Waals surface area contributed by atoms with Crippen LogP contribution in [0.15, 0.2) is 255 Å². The van der Waals surface area contributed by atoms with E-state index in [4.69, 9.17) is 0 Å². The number of nitrogens with zero attached hydrogens (tertiary/aromatic N) is 2. The molecule has 0 unspecified atom stereocenters. The standard InChI is InChI=1S/C64H42N2S/c1-3-20-43(21-4-1)48-31-17-22-44-23-18-32-54(63(44)48)50-28-9-14-37-59(50)66(60-38-15-10-29-51(60)55-33-19-34-56-53-30-11-16-39-62(53)67-64(55)56)57-35-12-7-26-47(57)45-40-41-52-49-27-8-13-36-58(49)65(61(52)42-45)46-24-5-2-6-25-46/h1-42H. The minimum absolute atomic E-state index is 1.09. The summed E-state index contributed by atoms with van der Waals surface area (Å²) in [5, 5.41) is 7.49. The topological polar surface area (TPSA) is 8.17 Å². The molecule has 0 aliphatic carbocycles. The molecule has 13 rings (SSSR count). The molecule has 0 radical (unpaired) electrons. The lowest BCUT2D eigenvalue weighted by Gasteiger charge is -2.32. The molecule has 314 valence electrons. The summed E-state index contributed by atoms with van der Waals surface area (Å²) in [6, 6.07) is 93.3. The second-order valence-electron chi connectivity index (χ2n) is 17.2. The summed E-state index contributed by atoms with van der Waals surface area (Å²) in [5.41, 5.74) is 16.2. The second kappa shape index (κ2) is 16.2. The average Bonchev–Trinajstić information content (AvgIpc) is 3.95. The van der Waals surface area contributed by atoms with E-state index in [2.05, 4.69) is 264 Å². The highest BCUT2D eigenvalue weighted by Crippen LogP contribution is 2.51. The Balaban J connectivity index is 1.10. The van der Waals surface area contributed by atoms with Crippen molar-refractivity contribution in [2.45, 2.75) is 0 Å². The molecule has 0 amide bonds. The van der Waals surface area contributed by atoms with E-state index in [-0.39, 0.29) is 0 Å². The Kier molecular flexibility index (Phi) is 9.40. The Labute approximate surface area is 393 Å². The minimum atomic E-state index is 1.09. The van der Waals surface area contributed by atoms with Crippen molar-refractivity contribution in [2.75, 3.05) is 4.90 Å². The van der Waals surface area contributed by atoms with Gasteiger partial charge < -0.3 is 9.47 Å². The van der Waals surface area contributed by atoms with Crippen LogP contribution in [0.4, 0.5) is 17.1 Å². The van der Waals surface area contributed by atoms with Gasteiger partial charge in [0.25, 0.3) is 0 Å². The molecule has 0 fully saturated rings. The number of rotatable bonds is 8. The van der Waals surface area contributed by atoms with Gasteiger partial charge in [-0.1, -0.05) is 206 Å². The van der Waals surface area contributed by atoms with Crippen LogP contribution in [0, 0.1) is 0 Å². The van der Waals surface area contributed by atoms with Crippen LogP contribution >= 0.6 is 11.3 Å². The Morgan fingerprint density at radius 2 is 0.836 bits per heavy atom. The number of anilines is 3. The van der Waals surface area contributed by atoms with Crippen LogP contribution in [-0.4, -0.2) is 4.57 Å². The fourth-order valence-electron chi connectivity index (χ4n) is 10.5. The molecule has 2 nitrogen and oxygen atoms in total. The van der Waals surface area contributed by atoms with Crippen molar-refractivity contribution in [1.82, 2.24) is 4.57 Å². The third kappa shape index (κ3) is 6.47. The largest absolute Gasteiger partial charge is 0.309 e. The molecule has 0 N–H and O–H groups in total. The number of fused-ring (bicyclic) bond motifs is 7. The van der Waals surface area contributed by atoms with Gasteiger partial charge in [-0.15, -0.1) is 11.3 Å². The molecular weight excluding hydrogens is 829 g/mol. The molecule has 0 bridgehead atoms. The normalized spacial score (nSPS) is 11.6. The Morgan fingerprint density at radius 3 is 1.60 bits per heavy atom. The summed E-state index contributed by atoms with van der Waals surface area (Å²) >= 11 is 1.88. The van der Waals surface area contributed by atoms with Crippen molar-refractivity contribution in [2.24, 2.45) is 0 Å². The summed E-state index contributed by atoms with van der Waals surface area (Å²) in [6.07, 6.45) is 0. The van der Waals surface area contributed by atoms with Crippen LogP contribution in [0.2, 0.25) is 0 Å². The second-order valence-corrected chi connectivity index (χ2v) is 18.2. The fourth-order valence-corrected chi connectivity index (χ4v) is 11.7. The molecule has 2 aromatic heterocycles. The molecule has 0 spiro atoms. The quantitative estimate of drug-likeness (QED) is 0.148. The van der Waals surface area contributed by atoms with E-state index in [1.165, 1.54) is 80.6 Å². The molecule has 0 saturated carbocycles. The van der Waals surface area contributed by atoms with Crippen LogP contribution < -0.4 is 4.90 Å². The van der Waals surface area contributed by atoms with Crippen LogP contribution in [0.5, 0.6) is 0 Å². The summed E-state index contributed by atoms with van der Waals surface area (Å²) in [7, 11) is 0. The lowest BCUT2D eigenvalue weighted by atomic mass is 9.90. The van der Waals surface area contributed by atoms with Crippen LogP contribution in [-0.2, 0) is 0 Å². The molecule has 0 saturated heterocycles. The number of hydrogen-bond donors (Lipinski definition) is 0. The van der Waals surface area contributed by atoms with Crippen molar-refractivity contribution >= 4 is 81.1 Å². The van der Waals surface area contributed by atoms with E-state index < -0.39 is 0 Å². The van der Waals surface area contributed by atoms with Gasteiger partial charge in [-0.2, -0.15) is 0 Å². The van der Waals surface area contributed by atoms with Gasteiger partial charge >= 0.3 is 0 Å². The van der Waals surface area contributed by atoms with Gasteiger partial charge in [0.2, 0.25) is 0 Å². The maximum Gasteiger partial charge on any atom is 0.0547 e. The first-order valence-corrected chi connectivity index (χ1v) is 23.7. The first-order valence-electron chi connectivity index (χ1n) is 22.9. The van der Waals surface area contributed by atoms with E-state index in [0.717, 1.165) is 39.4 Å². The molecule has 0 aliphatic rings. The number of benzene rings is 11. The van der Waals surface area contributed by atoms with Gasteiger partial charge in [-0.05, 0) is 81.6 Å². The summed E-state index contributed by atoms with van der Waals surface area (Å²) in [5.74, 6) is 0. The Morgan fingerprint density at radius 1 is 0.313 bits per heavy atom.